The number of hydrogen-bond donors (Lipinski definition) is 1. The molecule has 2 aliphatic rings. The Morgan fingerprint density at radius 2 is 2.00 bits per heavy atom. The number of benzene rings is 1. The van der Waals surface area contributed by atoms with Crippen molar-refractivity contribution in [1.29, 1.82) is 0 Å². The Balaban J connectivity index is 1.79. The molecule has 102 valence electrons. The van der Waals surface area contributed by atoms with Gasteiger partial charge in [0.1, 0.15) is 13.2 Å². The summed E-state index contributed by atoms with van der Waals surface area (Å²) in [6.45, 7) is 2.52. The highest BCUT2D eigenvalue weighted by molar-refractivity contribution is 5.73. The molecule has 1 saturated heterocycles. The molecule has 0 aliphatic carbocycles. The number of aliphatic carboxylic acids is 1. The second-order valence-corrected chi connectivity index (χ2v) is 4.47. The largest absolute Gasteiger partial charge is 0.486 e. The van der Waals surface area contributed by atoms with Gasteiger partial charge in [0.25, 0.3) is 0 Å². The average Bonchev–Trinajstić information content (AvgIpc) is 2.47. The normalized spacial score (nSPS) is 22.1. The third-order valence-corrected chi connectivity index (χ3v) is 3.23. The fraction of sp³-hybridized carbons (Fsp3) is 0.462. The van der Waals surface area contributed by atoms with Gasteiger partial charge < -0.3 is 24.2 Å². The molecular weight excluding hydrogens is 250 g/mol. The van der Waals surface area contributed by atoms with Crippen molar-refractivity contribution in [3.05, 3.63) is 18.2 Å². The molecule has 6 nitrogen and oxygen atoms in total. The van der Waals surface area contributed by atoms with Crippen molar-refractivity contribution in [2.45, 2.75) is 6.10 Å². The van der Waals surface area contributed by atoms with Gasteiger partial charge in [-0.1, -0.05) is 0 Å². The van der Waals surface area contributed by atoms with Crippen LogP contribution in [0.25, 0.3) is 0 Å². The maximum Gasteiger partial charge on any atom is 0.334 e. The Morgan fingerprint density at radius 1 is 1.21 bits per heavy atom. The number of anilines is 1. The van der Waals surface area contributed by atoms with Gasteiger partial charge >= 0.3 is 5.97 Å². The van der Waals surface area contributed by atoms with Gasteiger partial charge in [0.15, 0.2) is 17.6 Å². The second-order valence-electron chi connectivity index (χ2n) is 4.47. The molecule has 0 amide bonds. The molecule has 1 atom stereocenters. The van der Waals surface area contributed by atoms with Gasteiger partial charge in [0.2, 0.25) is 0 Å². The zero-order valence-electron chi connectivity index (χ0n) is 10.4. The number of carboxylic acid groups (broad SMARTS) is 1. The molecular formula is C13H15NO5. The molecule has 1 aromatic carbocycles. The van der Waals surface area contributed by atoms with Gasteiger partial charge in [-0.2, -0.15) is 0 Å². The maximum atomic E-state index is 11.0. The van der Waals surface area contributed by atoms with E-state index in [0.717, 1.165) is 11.4 Å². The number of ether oxygens (including phenoxy) is 3. The van der Waals surface area contributed by atoms with E-state index in [1.807, 2.05) is 23.1 Å². The van der Waals surface area contributed by atoms with Gasteiger partial charge in [0, 0.05) is 18.3 Å². The molecule has 0 aromatic heterocycles. The lowest BCUT2D eigenvalue weighted by Crippen LogP contribution is -2.46. The van der Waals surface area contributed by atoms with Crippen LogP contribution in [-0.2, 0) is 9.53 Å². The van der Waals surface area contributed by atoms with Gasteiger partial charge in [-0.15, -0.1) is 0 Å². The van der Waals surface area contributed by atoms with E-state index in [2.05, 4.69) is 0 Å². The minimum absolute atomic E-state index is 0.342. The zero-order chi connectivity index (χ0) is 13.2. The number of morpholine rings is 1. The van der Waals surface area contributed by atoms with E-state index in [1.165, 1.54) is 0 Å². The Hall–Kier alpha value is -1.95. The van der Waals surface area contributed by atoms with Gasteiger partial charge in [-0.05, 0) is 12.1 Å². The molecule has 0 saturated carbocycles. The van der Waals surface area contributed by atoms with Crippen molar-refractivity contribution in [3.8, 4) is 11.5 Å². The van der Waals surface area contributed by atoms with Crippen LogP contribution < -0.4 is 14.4 Å². The average molecular weight is 265 g/mol. The molecule has 2 heterocycles. The van der Waals surface area contributed by atoms with Crippen molar-refractivity contribution < 1.29 is 24.1 Å². The Kier molecular flexibility index (Phi) is 3.16. The third-order valence-electron chi connectivity index (χ3n) is 3.23. The fourth-order valence-corrected chi connectivity index (χ4v) is 2.26. The van der Waals surface area contributed by atoms with Crippen LogP contribution >= 0.6 is 0 Å². The molecule has 0 spiro atoms. The highest BCUT2D eigenvalue weighted by atomic mass is 16.6. The smallest absolute Gasteiger partial charge is 0.334 e. The van der Waals surface area contributed by atoms with Crippen LogP contribution in [0.5, 0.6) is 11.5 Å². The van der Waals surface area contributed by atoms with Crippen molar-refractivity contribution in [1.82, 2.24) is 0 Å². The van der Waals surface area contributed by atoms with Crippen LogP contribution in [0.1, 0.15) is 0 Å². The van der Waals surface area contributed by atoms with Gasteiger partial charge in [0.05, 0.1) is 13.2 Å². The van der Waals surface area contributed by atoms with Crippen molar-refractivity contribution in [2.24, 2.45) is 0 Å². The first-order chi connectivity index (χ1) is 9.24. The first-order valence-corrected chi connectivity index (χ1v) is 6.23. The minimum atomic E-state index is -0.928. The molecule has 1 N–H and O–H groups in total. The quantitative estimate of drug-likeness (QED) is 0.851. The van der Waals surface area contributed by atoms with Crippen LogP contribution in [0.4, 0.5) is 5.69 Å². The van der Waals surface area contributed by atoms with E-state index in [0.29, 0.717) is 38.7 Å². The molecule has 0 radical (unpaired) electrons. The second kappa shape index (κ2) is 4.97. The van der Waals surface area contributed by atoms with Crippen molar-refractivity contribution in [3.63, 3.8) is 0 Å². The standard InChI is InChI=1S/C13H15NO5/c15-13(16)12-8-14(3-4-17-12)9-1-2-10-11(7-9)19-6-5-18-10/h1-2,7,12H,3-6,8H2,(H,15,16). The summed E-state index contributed by atoms with van der Waals surface area (Å²) in [5, 5.41) is 9.00. The summed E-state index contributed by atoms with van der Waals surface area (Å²) in [6, 6.07) is 5.66. The number of carboxylic acids is 1. The monoisotopic (exact) mass is 265 g/mol. The van der Waals surface area contributed by atoms with Crippen molar-refractivity contribution in [2.75, 3.05) is 37.8 Å². The lowest BCUT2D eigenvalue weighted by atomic mass is 10.2. The highest BCUT2D eigenvalue weighted by Gasteiger charge is 2.27. The van der Waals surface area contributed by atoms with E-state index in [4.69, 9.17) is 19.3 Å². The summed E-state index contributed by atoms with van der Waals surface area (Å²) in [6.07, 6.45) is -0.776. The predicted octanol–water partition coefficient (Wildman–Crippen LogP) is 0.748. The summed E-state index contributed by atoms with van der Waals surface area (Å²) in [4.78, 5) is 13.0. The summed E-state index contributed by atoms with van der Waals surface area (Å²) in [5.41, 5.74) is 0.929. The van der Waals surface area contributed by atoms with Crippen LogP contribution in [0.15, 0.2) is 18.2 Å². The SMILES string of the molecule is O=C(O)C1CN(c2ccc3c(c2)OCCO3)CCO1. The predicted molar refractivity (Wildman–Crippen MR) is 67.0 cm³/mol. The zero-order valence-corrected chi connectivity index (χ0v) is 10.4. The Morgan fingerprint density at radius 3 is 2.79 bits per heavy atom. The number of hydrogen-bond acceptors (Lipinski definition) is 5. The first kappa shape index (κ1) is 12.1. The number of nitrogens with zero attached hydrogens (tertiary/aromatic N) is 1. The fourth-order valence-electron chi connectivity index (χ4n) is 2.26. The van der Waals surface area contributed by atoms with E-state index >= 15 is 0 Å². The molecule has 2 aliphatic heterocycles. The third kappa shape index (κ3) is 2.44. The van der Waals surface area contributed by atoms with E-state index in [-0.39, 0.29) is 0 Å². The molecule has 6 heteroatoms. The number of carbonyl (C=O) groups is 1. The molecule has 19 heavy (non-hydrogen) atoms. The van der Waals surface area contributed by atoms with E-state index in [9.17, 15) is 4.79 Å². The van der Waals surface area contributed by atoms with E-state index in [1.54, 1.807) is 0 Å². The van der Waals surface area contributed by atoms with Crippen LogP contribution in [0.2, 0.25) is 0 Å². The number of rotatable bonds is 2. The summed E-state index contributed by atoms with van der Waals surface area (Å²) in [5.74, 6) is 0.516. The molecule has 3 rings (SSSR count). The van der Waals surface area contributed by atoms with E-state index < -0.39 is 12.1 Å². The lowest BCUT2D eigenvalue weighted by Gasteiger charge is -2.33. The van der Waals surface area contributed by atoms with Crippen LogP contribution in [0, 0.1) is 0 Å². The molecule has 1 fully saturated rings. The van der Waals surface area contributed by atoms with Crippen molar-refractivity contribution >= 4 is 11.7 Å². The number of fused-ring (bicyclic) bond motifs is 1. The summed E-state index contributed by atoms with van der Waals surface area (Å²) < 4.78 is 16.2. The van der Waals surface area contributed by atoms with Gasteiger partial charge in [-0.25, -0.2) is 4.79 Å². The summed E-state index contributed by atoms with van der Waals surface area (Å²) in [7, 11) is 0. The Labute approximate surface area is 110 Å². The first-order valence-electron chi connectivity index (χ1n) is 6.23. The Bertz CT molecular complexity index is 490. The topological polar surface area (TPSA) is 68.2 Å². The highest BCUT2D eigenvalue weighted by Crippen LogP contribution is 2.34. The van der Waals surface area contributed by atoms with Crippen LogP contribution in [-0.4, -0.2) is 50.1 Å². The lowest BCUT2D eigenvalue weighted by molar-refractivity contribution is -0.150. The molecule has 0 bridgehead atoms. The minimum Gasteiger partial charge on any atom is -0.486 e. The molecule has 1 aromatic rings. The maximum absolute atomic E-state index is 11.0. The van der Waals surface area contributed by atoms with Gasteiger partial charge in [-0.3, -0.25) is 0 Å². The molecule has 1 unspecified atom stereocenters. The summed E-state index contributed by atoms with van der Waals surface area (Å²) >= 11 is 0. The van der Waals surface area contributed by atoms with Crippen LogP contribution in [0.3, 0.4) is 0 Å².